The number of hydrogen-bond donors (Lipinski definition) is 1. The van der Waals surface area contributed by atoms with E-state index < -0.39 is 22.7 Å². The molecule has 0 unspecified atom stereocenters. The van der Waals surface area contributed by atoms with Gasteiger partial charge in [-0.1, -0.05) is 23.7 Å². The molecular formula is C15H13ClO6S. The maximum atomic E-state index is 12.3. The number of hydrogen-bond acceptors (Lipinski definition) is 5. The van der Waals surface area contributed by atoms with Crippen molar-refractivity contribution in [2.45, 2.75) is 11.8 Å². The van der Waals surface area contributed by atoms with Gasteiger partial charge in [-0.3, -0.25) is 0 Å². The van der Waals surface area contributed by atoms with Crippen LogP contribution in [0.2, 0.25) is 5.02 Å². The Kier molecular flexibility index (Phi) is 5.12. The van der Waals surface area contributed by atoms with Crippen LogP contribution in [0.3, 0.4) is 0 Å². The first-order valence-corrected chi connectivity index (χ1v) is 8.22. The average Bonchev–Trinajstić information content (AvgIpc) is 2.44. The predicted octanol–water partition coefficient (Wildman–Crippen LogP) is 2.88. The Balaban J connectivity index is 2.29. The van der Waals surface area contributed by atoms with Crippen LogP contribution in [0.15, 0.2) is 47.4 Å². The molecule has 0 atom stereocenters. The summed E-state index contributed by atoms with van der Waals surface area (Å²) in [6.07, 6.45) is 0. The molecule has 0 aliphatic carbocycles. The predicted molar refractivity (Wildman–Crippen MR) is 83.6 cm³/mol. The van der Waals surface area contributed by atoms with Crippen molar-refractivity contribution in [3.05, 3.63) is 53.1 Å². The van der Waals surface area contributed by atoms with E-state index in [4.69, 9.17) is 25.6 Å². The fraction of sp³-hybridized carbons (Fsp3) is 0.133. The molecule has 8 heteroatoms. The van der Waals surface area contributed by atoms with Gasteiger partial charge in [0.15, 0.2) is 6.61 Å². The van der Waals surface area contributed by atoms with E-state index >= 15 is 0 Å². The lowest BCUT2D eigenvalue weighted by molar-refractivity contribution is -0.139. The Morgan fingerprint density at radius 1 is 1.17 bits per heavy atom. The second-order valence-corrected chi connectivity index (χ2v) is 6.55. The van der Waals surface area contributed by atoms with Gasteiger partial charge in [-0.05, 0) is 36.8 Å². The number of benzene rings is 2. The van der Waals surface area contributed by atoms with Crippen molar-refractivity contribution in [3.8, 4) is 11.5 Å². The molecule has 0 saturated heterocycles. The minimum absolute atomic E-state index is 0.00492. The van der Waals surface area contributed by atoms with E-state index in [1.165, 1.54) is 30.3 Å². The van der Waals surface area contributed by atoms with Gasteiger partial charge in [0.2, 0.25) is 0 Å². The highest BCUT2D eigenvalue weighted by Gasteiger charge is 2.20. The third-order valence-electron chi connectivity index (χ3n) is 2.70. The normalized spacial score (nSPS) is 11.0. The summed E-state index contributed by atoms with van der Waals surface area (Å²) in [5, 5.41) is 8.66. The van der Waals surface area contributed by atoms with E-state index in [1.807, 2.05) is 0 Å². The van der Waals surface area contributed by atoms with Crippen molar-refractivity contribution < 1.29 is 27.2 Å². The molecule has 0 bridgehead atoms. The molecule has 0 aliphatic heterocycles. The first-order chi connectivity index (χ1) is 10.8. The zero-order chi connectivity index (χ0) is 17.0. The molecule has 0 radical (unpaired) electrons. The topological polar surface area (TPSA) is 89.9 Å². The number of ether oxygens (including phenoxy) is 1. The maximum Gasteiger partial charge on any atom is 0.341 e. The molecule has 1 N–H and O–H groups in total. The molecule has 2 aromatic carbocycles. The maximum absolute atomic E-state index is 12.3. The molecule has 0 amide bonds. The van der Waals surface area contributed by atoms with Gasteiger partial charge >= 0.3 is 16.1 Å². The van der Waals surface area contributed by atoms with Crippen molar-refractivity contribution in [2.75, 3.05) is 6.61 Å². The van der Waals surface area contributed by atoms with Crippen LogP contribution in [-0.2, 0) is 14.9 Å². The molecule has 2 aromatic rings. The minimum Gasteiger partial charge on any atom is -0.482 e. The molecule has 0 saturated carbocycles. The largest absolute Gasteiger partial charge is 0.482 e. The summed E-state index contributed by atoms with van der Waals surface area (Å²) in [4.78, 5) is 10.4. The Morgan fingerprint density at radius 2 is 1.83 bits per heavy atom. The molecule has 0 aromatic heterocycles. The minimum atomic E-state index is -4.11. The van der Waals surface area contributed by atoms with Crippen LogP contribution >= 0.6 is 11.6 Å². The number of halogens is 1. The van der Waals surface area contributed by atoms with E-state index in [9.17, 15) is 13.2 Å². The third kappa shape index (κ3) is 4.61. The van der Waals surface area contributed by atoms with Gasteiger partial charge in [0.05, 0.1) is 5.02 Å². The van der Waals surface area contributed by atoms with Gasteiger partial charge in [-0.2, -0.15) is 8.42 Å². The SMILES string of the molecule is Cc1cc(OCC(=O)O)cc(OS(=O)(=O)c2ccccc2Cl)c1. The number of carboxylic acids is 1. The molecule has 6 nitrogen and oxygen atoms in total. The summed E-state index contributed by atoms with van der Waals surface area (Å²) in [6, 6.07) is 10.3. The van der Waals surface area contributed by atoms with Crippen LogP contribution in [0.5, 0.6) is 11.5 Å². The Labute approximate surface area is 138 Å². The summed E-state index contributed by atoms with van der Waals surface area (Å²) < 4.78 is 34.6. The van der Waals surface area contributed by atoms with Gasteiger partial charge in [-0.25, -0.2) is 4.79 Å². The van der Waals surface area contributed by atoms with E-state index in [0.29, 0.717) is 5.56 Å². The standard InChI is InChI=1S/C15H13ClO6S/c1-10-6-11(21-9-15(17)18)8-12(7-10)22-23(19,20)14-5-3-2-4-13(14)16/h2-8H,9H2,1H3,(H,17,18). The van der Waals surface area contributed by atoms with E-state index in [0.717, 1.165) is 0 Å². The Bertz CT molecular complexity index is 832. The zero-order valence-electron chi connectivity index (χ0n) is 12.0. The monoisotopic (exact) mass is 356 g/mol. The van der Waals surface area contributed by atoms with Crippen LogP contribution in [0, 0.1) is 6.92 Å². The first-order valence-electron chi connectivity index (χ1n) is 6.43. The van der Waals surface area contributed by atoms with Crippen LogP contribution < -0.4 is 8.92 Å². The molecular weight excluding hydrogens is 344 g/mol. The highest BCUT2D eigenvalue weighted by Crippen LogP contribution is 2.28. The van der Waals surface area contributed by atoms with Gasteiger partial charge in [0.1, 0.15) is 16.4 Å². The molecule has 0 heterocycles. The highest BCUT2D eigenvalue weighted by atomic mass is 35.5. The quantitative estimate of drug-likeness (QED) is 0.800. The average molecular weight is 357 g/mol. The number of carboxylic acid groups (broad SMARTS) is 1. The smallest absolute Gasteiger partial charge is 0.341 e. The van der Waals surface area contributed by atoms with Crippen molar-refractivity contribution in [2.24, 2.45) is 0 Å². The van der Waals surface area contributed by atoms with Crippen molar-refractivity contribution in [1.82, 2.24) is 0 Å². The van der Waals surface area contributed by atoms with Crippen LogP contribution in [0.1, 0.15) is 5.56 Å². The van der Waals surface area contributed by atoms with Gasteiger partial charge < -0.3 is 14.0 Å². The number of rotatable bonds is 6. The van der Waals surface area contributed by atoms with E-state index in [1.54, 1.807) is 19.1 Å². The van der Waals surface area contributed by atoms with Gasteiger partial charge in [-0.15, -0.1) is 0 Å². The number of carbonyl (C=O) groups is 1. The summed E-state index contributed by atoms with van der Waals surface area (Å²) in [7, 11) is -4.11. The highest BCUT2D eigenvalue weighted by molar-refractivity contribution is 7.87. The van der Waals surface area contributed by atoms with Crippen LogP contribution in [-0.4, -0.2) is 26.1 Å². The summed E-state index contributed by atoms with van der Waals surface area (Å²) in [5.41, 5.74) is 0.650. The van der Waals surface area contributed by atoms with Gasteiger partial charge in [0, 0.05) is 6.07 Å². The van der Waals surface area contributed by atoms with Crippen LogP contribution in [0.25, 0.3) is 0 Å². The Morgan fingerprint density at radius 3 is 2.48 bits per heavy atom. The number of aliphatic carboxylic acids is 1. The van der Waals surface area contributed by atoms with Crippen molar-refractivity contribution >= 4 is 27.7 Å². The lowest BCUT2D eigenvalue weighted by Gasteiger charge is -2.11. The van der Waals surface area contributed by atoms with Crippen molar-refractivity contribution in [3.63, 3.8) is 0 Å². The molecule has 2 rings (SSSR count). The fourth-order valence-corrected chi connectivity index (χ4v) is 3.22. The van der Waals surface area contributed by atoms with Gasteiger partial charge in [0.25, 0.3) is 0 Å². The lowest BCUT2D eigenvalue weighted by Crippen LogP contribution is -2.11. The second kappa shape index (κ2) is 6.89. The zero-order valence-corrected chi connectivity index (χ0v) is 13.6. The summed E-state index contributed by atoms with van der Waals surface area (Å²) >= 11 is 5.87. The van der Waals surface area contributed by atoms with E-state index in [-0.39, 0.29) is 21.4 Å². The molecule has 122 valence electrons. The fourth-order valence-electron chi connectivity index (χ4n) is 1.81. The summed E-state index contributed by atoms with van der Waals surface area (Å²) in [5.74, 6) is -0.945. The molecule has 0 fully saturated rings. The molecule has 0 spiro atoms. The summed E-state index contributed by atoms with van der Waals surface area (Å²) in [6.45, 7) is 1.16. The molecule has 23 heavy (non-hydrogen) atoms. The number of aryl methyl sites for hydroxylation is 1. The van der Waals surface area contributed by atoms with Crippen LogP contribution in [0.4, 0.5) is 0 Å². The lowest BCUT2D eigenvalue weighted by atomic mass is 10.2. The van der Waals surface area contributed by atoms with Crippen molar-refractivity contribution in [1.29, 1.82) is 0 Å². The second-order valence-electron chi connectivity index (χ2n) is 4.63. The van der Waals surface area contributed by atoms with E-state index in [2.05, 4.69) is 0 Å². The third-order valence-corrected chi connectivity index (χ3v) is 4.45. The molecule has 0 aliphatic rings. The Hall–Kier alpha value is -2.25. The first kappa shape index (κ1) is 17.1.